The molecule has 0 N–H and O–H groups in total. The first kappa shape index (κ1) is 21.2. The van der Waals surface area contributed by atoms with Gasteiger partial charge in [0.2, 0.25) is 0 Å². The van der Waals surface area contributed by atoms with Crippen molar-refractivity contribution in [1.29, 1.82) is 0 Å². The lowest BCUT2D eigenvalue weighted by molar-refractivity contribution is 0.670. The van der Waals surface area contributed by atoms with Gasteiger partial charge in [-0.1, -0.05) is 146 Å². The highest BCUT2D eigenvalue weighted by molar-refractivity contribution is 6.15. The molecule has 178 valence electrons. The third kappa shape index (κ3) is 2.76. The Balaban J connectivity index is 1.53. The molecule has 8 rings (SSSR count). The maximum atomic E-state index is 6.90. The first-order valence-corrected chi connectivity index (χ1v) is 13.1. The second-order valence-corrected chi connectivity index (χ2v) is 10.0. The van der Waals surface area contributed by atoms with Crippen LogP contribution < -0.4 is 0 Å². The van der Waals surface area contributed by atoms with Crippen molar-refractivity contribution in [2.75, 3.05) is 0 Å². The predicted octanol–water partition coefficient (Wildman–Crippen LogP) is 9.62. The zero-order valence-electron chi connectivity index (χ0n) is 20.8. The highest BCUT2D eigenvalue weighted by Gasteiger charge is 2.47. The van der Waals surface area contributed by atoms with Crippen molar-refractivity contribution in [3.63, 3.8) is 0 Å². The summed E-state index contributed by atoms with van der Waals surface area (Å²) in [6.07, 6.45) is 0. The Morgan fingerprint density at radius 3 is 1.68 bits per heavy atom. The van der Waals surface area contributed by atoms with Crippen LogP contribution in [0.25, 0.3) is 44.2 Å². The molecule has 1 aliphatic rings. The van der Waals surface area contributed by atoms with Gasteiger partial charge in [0.25, 0.3) is 0 Å². The predicted molar refractivity (Wildman–Crippen MR) is 156 cm³/mol. The number of hydrogen-bond acceptors (Lipinski definition) is 1. The van der Waals surface area contributed by atoms with E-state index in [1.807, 2.05) is 0 Å². The minimum absolute atomic E-state index is 0.427. The second kappa shape index (κ2) is 8.06. The van der Waals surface area contributed by atoms with Crippen molar-refractivity contribution in [3.8, 4) is 22.3 Å². The molecule has 0 fully saturated rings. The quantitative estimate of drug-likeness (QED) is 0.243. The lowest BCUT2D eigenvalue weighted by Crippen LogP contribution is -2.28. The van der Waals surface area contributed by atoms with Gasteiger partial charge in [0, 0.05) is 21.9 Å². The number of furan rings is 1. The van der Waals surface area contributed by atoms with Gasteiger partial charge in [0.05, 0.1) is 5.41 Å². The first-order chi connectivity index (χ1) is 18.9. The molecular formula is C37H24O. The fourth-order valence-corrected chi connectivity index (χ4v) is 6.63. The van der Waals surface area contributed by atoms with Crippen LogP contribution in [0.3, 0.4) is 0 Å². The summed E-state index contributed by atoms with van der Waals surface area (Å²) in [5, 5.41) is 2.31. The van der Waals surface area contributed by atoms with Crippen molar-refractivity contribution in [2.45, 2.75) is 5.41 Å². The summed E-state index contributed by atoms with van der Waals surface area (Å²) in [6.45, 7) is 0. The zero-order valence-corrected chi connectivity index (χ0v) is 20.8. The van der Waals surface area contributed by atoms with E-state index in [2.05, 4.69) is 146 Å². The average molecular weight is 485 g/mol. The molecule has 1 heteroatoms. The van der Waals surface area contributed by atoms with Crippen LogP contribution in [0.4, 0.5) is 0 Å². The van der Waals surface area contributed by atoms with E-state index >= 15 is 0 Å². The zero-order chi connectivity index (χ0) is 25.1. The van der Waals surface area contributed by atoms with E-state index in [4.69, 9.17) is 4.42 Å². The standard InChI is InChI=1S/C37H24O/c1-4-13-25(14-5-1)28-20-12-21-29-30-23-24-33-34(36(30)38-35(28)29)31-19-10-11-22-32(31)37(33,26-15-6-2-7-16-26)27-17-8-3-9-18-27/h1-24H. The highest BCUT2D eigenvalue weighted by atomic mass is 16.3. The van der Waals surface area contributed by atoms with Crippen LogP contribution in [0.15, 0.2) is 150 Å². The third-order valence-corrected chi connectivity index (χ3v) is 8.17. The maximum absolute atomic E-state index is 6.90. The minimum atomic E-state index is -0.427. The lowest BCUT2D eigenvalue weighted by atomic mass is 9.68. The van der Waals surface area contributed by atoms with Crippen LogP contribution in [-0.4, -0.2) is 0 Å². The molecule has 0 unspecified atom stereocenters. The van der Waals surface area contributed by atoms with Crippen molar-refractivity contribution in [2.24, 2.45) is 0 Å². The monoisotopic (exact) mass is 484 g/mol. The molecule has 38 heavy (non-hydrogen) atoms. The first-order valence-electron chi connectivity index (χ1n) is 13.1. The molecule has 0 saturated carbocycles. The summed E-state index contributed by atoms with van der Waals surface area (Å²) in [5.41, 5.74) is 11.3. The van der Waals surface area contributed by atoms with Crippen molar-refractivity contribution < 1.29 is 4.42 Å². The molecule has 0 saturated heterocycles. The largest absolute Gasteiger partial charge is 0.455 e. The summed E-state index contributed by atoms with van der Waals surface area (Å²) in [4.78, 5) is 0. The number of rotatable bonds is 3. The van der Waals surface area contributed by atoms with Gasteiger partial charge < -0.3 is 4.42 Å². The van der Waals surface area contributed by atoms with Gasteiger partial charge in [0.15, 0.2) is 0 Å². The Morgan fingerprint density at radius 2 is 0.974 bits per heavy atom. The summed E-state index contributed by atoms with van der Waals surface area (Å²) in [7, 11) is 0. The fraction of sp³-hybridized carbons (Fsp3) is 0.0270. The van der Waals surface area contributed by atoms with E-state index in [0.717, 1.165) is 33.1 Å². The molecule has 1 aromatic heterocycles. The van der Waals surface area contributed by atoms with E-state index in [1.54, 1.807) is 0 Å². The molecule has 0 radical (unpaired) electrons. The van der Waals surface area contributed by atoms with Crippen molar-refractivity contribution in [1.82, 2.24) is 0 Å². The lowest BCUT2D eigenvalue weighted by Gasteiger charge is -2.33. The van der Waals surface area contributed by atoms with E-state index in [-0.39, 0.29) is 0 Å². The summed E-state index contributed by atoms with van der Waals surface area (Å²) < 4.78 is 6.90. The molecule has 1 heterocycles. The van der Waals surface area contributed by atoms with Gasteiger partial charge in [-0.25, -0.2) is 0 Å². The Morgan fingerprint density at radius 1 is 0.395 bits per heavy atom. The normalized spacial score (nSPS) is 13.5. The highest BCUT2D eigenvalue weighted by Crippen LogP contribution is 2.58. The average Bonchev–Trinajstić information content (AvgIpc) is 3.52. The summed E-state index contributed by atoms with van der Waals surface area (Å²) in [5.74, 6) is 0. The van der Waals surface area contributed by atoms with Gasteiger partial charge in [-0.05, 0) is 33.4 Å². The molecular weight excluding hydrogens is 460 g/mol. The molecule has 0 atom stereocenters. The van der Waals surface area contributed by atoms with Crippen LogP contribution in [0.5, 0.6) is 0 Å². The number of fused-ring (bicyclic) bond motifs is 7. The van der Waals surface area contributed by atoms with E-state index in [1.165, 1.54) is 33.4 Å². The van der Waals surface area contributed by atoms with Crippen molar-refractivity contribution >= 4 is 21.9 Å². The van der Waals surface area contributed by atoms with Gasteiger partial charge in [0.1, 0.15) is 11.2 Å². The van der Waals surface area contributed by atoms with Crippen LogP contribution in [0.2, 0.25) is 0 Å². The molecule has 0 aliphatic heterocycles. The molecule has 0 amide bonds. The molecule has 7 aromatic rings. The molecule has 0 spiro atoms. The molecule has 6 aromatic carbocycles. The number of benzene rings is 6. The smallest absolute Gasteiger partial charge is 0.143 e. The SMILES string of the molecule is c1ccc(-c2cccc3c2oc2c4c(ccc23)C(c2ccccc2)(c2ccccc2)c2ccccc2-4)cc1. The Bertz CT molecular complexity index is 1910. The van der Waals surface area contributed by atoms with Crippen LogP contribution >= 0.6 is 0 Å². The van der Waals surface area contributed by atoms with Crippen LogP contribution in [-0.2, 0) is 5.41 Å². The van der Waals surface area contributed by atoms with E-state index in [0.29, 0.717) is 0 Å². The maximum Gasteiger partial charge on any atom is 0.143 e. The molecule has 1 aliphatic carbocycles. The fourth-order valence-electron chi connectivity index (χ4n) is 6.63. The van der Waals surface area contributed by atoms with Crippen LogP contribution in [0, 0.1) is 0 Å². The van der Waals surface area contributed by atoms with Gasteiger partial charge in [-0.15, -0.1) is 0 Å². The Hall–Kier alpha value is -4.88. The Labute approximate surface area is 221 Å². The minimum Gasteiger partial charge on any atom is -0.455 e. The number of para-hydroxylation sites is 1. The van der Waals surface area contributed by atoms with Gasteiger partial charge >= 0.3 is 0 Å². The third-order valence-electron chi connectivity index (χ3n) is 8.17. The second-order valence-electron chi connectivity index (χ2n) is 10.0. The van der Waals surface area contributed by atoms with Gasteiger partial charge in [-0.2, -0.15) is 0 Å². The topological polar surface area (TPSA) is 13.1 Å². The van der Waals surface area contributed by atoms with Crippen molar-refractivity contribution in [3.05, 3.63) is 168 Å². The van der Waals surface area contributed by atoms with E-state index < -0.39 is 5.41 Å². The van der Waals surface area contributed by atoms with Crippen LogP contribution in [0.1, 0.15) is 22.3 Å². The Kier molecular flexibility index (Phi) is 4.50. The summed E-state index contributed by atoms with van der Waals surface area (Å²) >= 11 is 0. The van der Waals surface area contributed by atoms with Gasteiger partial charge in [-0.3, -0.25) is 0 Å². The summed E-state index contributed by atoms with van der Waals surface area (Å²) in [6, 6.07) is 52.3. The van der Waals surface area contributed by atoms with E-state index in [9.17, 15) is 0 Å². The molecule has 0 bridgehead atoms. The molecule has 1 nitrogen and oxygen atoms in total. The number of hydrogen-bond donors (Lipinski definition) is 0.